The molecule has 0 saturated heterocycles. The fourth-order valence-corrected chi connectivity index (χ4v) is 8.75. The molecular formula is C20H38O3Si2. The van der Waals surface area contributed by atoms with E-state index < -0.39 is 16.6 Å². The van der Waals surface area contributed by atoms with Crippen molar-refractivity contribution in [1.29, 1.82) is 0 Å². The highest BCUT2D eigenvalue weighted by Gasteiger charge is 2.38. The van der Waals surface area contributed by atoms with Crippen molar-refractivity contribution in [2.75, 3.05) is 7.11 Å². The lowest BCUT2D eigenvalue weighted by atomic mass is 10.2. The van der Waals surface area contributed by atoms with Crippen molar-refractivity contribution in [3.63, 3.8) is 0 Å². The summed E-state index contributed by atoms with van der Waals surface area (Å²) in [5, 5.41) is 0. The standard InChI is InChI=1S/C20H38O3Si2/c1-8-24(9-2,10-3)22-20(23-25(11-4,12-5)13-6)18-14-16-19(21-7)17-15-18/h14-17,20H,8-13H2,1-7H3. The molecule has 0 radical (unpaired) electrons. The van der Waals surface area contributed by atoms with Crippen LogP contribution in [0, 0.1) is 0 Å². The lowest BCUT2D eigenvalue weighted by molar-refractivity contribution is -0.0158. The van der Waals surface area contributed by atoms with Crippen LogP contribution in [0.2, 0.25) is 36.3 Å². The van der Waals surface area contributed by atoms with Crippen LogP contribution in [0.15, 0.2) is 24.3 Å². The molecule has 0 amide bonds. The van der Waals surface area contributed by atoms with Crippen LogP contribution in [-0.2, 0) is 8.85 Å². The van der Waals surface area contributed by atoms with E-state index in [0.29, 0.717) is 0 Å². The summed E-state index contributed by atoms with van der Waals surface area (Å²) < 4.78 is 18.9. The van der Waals surface area contributed by atoms with E-state index in [-0.39, 0.29) is 6.29 Å². The van der Waals surface area contributed by atoms with Crippen LogP contribution in [0.25, 0.3) is 0 Å². The van der Waals surface area contributed by atoms with E-state index in [0.717, 1.165) is 47.6 Å². The maximum Gasteiger partial charge on any atom is 0.195 e. The van der Waals surface area contributed by atoms with E-state index >= 15 is 0 Å². The van der Waals surface area contributed by atoms with E-state index in [1.807, 2.05) is 12.1 Å². The molecule has 1 rings (SSSR count). The molecule has 1 aromatic carbocycles. The van der Waals surface area contributed by atoms with Crippen molar-refractivity contribution >= 4 is 16.6 Å². The van der Waals surface area contributed by atoms with Gasteiger partial charge in [0.15, 0.2) is 22.9 Å². The van der Waals surface area contributed by atoms with Gasteiger partial charge in [-0.05, 0) is 48.4 Å². The predicted molar refractivity (Wildman–Crippen MR) is 112 cm³/mol. The second kappa shape index (κ2) is 10.5. The van der Waals surface area contributed by atoms with Gasteiger partial charge in [-0.25, -0.2) is 0 Å². The minimum atomic E-state index is -1.76. The van der Waals surface area contributed by atoms with E-state index in [2.05, 4.69) is 53.7 Å². The monoisotopic (exact) mass is 382 g/mol. The predicted octanol–water partition coefficient (Wildman–Crippen LogP) is 6.74. The van der Waals surface area contributed by atoms with Crippen LogP contribution >= 0.6 is 0 Å². The molecule has 0 aliphatic heterocycles. The normalized spacial score (nSPS) is 12.6. The van der Waals surface area contributed by atoms with E-state index in [4.69, 9.17) is 13.6 Å². The number of rotatable bonds is 12. The highest BCUT2D eigenvalue weighted by molar-refractivity contribution is 6.74. The van der Waals surface area contributed by atoms with Crippen LogP contribution in [0.5, 0.6) is 5.75 Å². The molecule has 0 atom stereocenters. The average molecular weight is 383 g/mol. The Hall–Kier alpha value is -0.626. The number of benzene rings is 1. The minimum absolute atomic E-state index is 0.232. The van der Waals surface area contributed by atoms with Crippen molar-refractivity contribution in [1.82, 2.24) is 0 Å². The fourth-order valence-electron chi connectivity index (χ4n) is 3.38. The summed E-state index contributed by atoms with van der Waals surface area (Å²) in [6, 6.07) is 15.0. The summed E-state index contributed by atoms with van der Waals surface area (Å²) in [5.74, 6) is 0.873. The molecule has 0 N–H and O–H groups in total. The molecule has 1 aromatic rings. The average Bonchev–Trinajstić information content (AvgIpc) is 2.69. The third-order valence-corrected chi connectivity index (χ3v) is 15.1. The Kier molecular flexibility index (Phi) is 9.42. The first-order chi connectivity index (χ1) is 12.0. The molecule has 0 fully saturated rings. The van der Waals surface area contributed by atoms with Gasteiger partial charge in [-0.2, -0.15) is 0 Å². The number of hydrogen-bond acceptors (Lipinski definition) is 3. The van der Waals surface area contributed by atoms with E-state index in [1.165, 1.54) is 0 Å². The van der Waals surface area contributed by atoms with Gasteiger partial charge in [-0.1, -0.05) is 53.7 Å². The maximum atomic E-state index is 6.82. The SMILES string of the molecule is CC[Si](CC)(CC)OC(O[Si](CC)(CC)CC)c1ccc(OC)cc1. The molecule has 3 nitrogen and oxygen atoms in total. The number of hydrogen-bond donors (Lipinski definition) is 0. The van der Waals surface area contributed by atoms with Gasteiger partial charge in [0.1, 0.15) is 5.75 Å². The fraction of sp³-hybridized carbons (Fsp3) is 0.700. The highest BCUT2D eigenvalue weighted by Crippen LogP contribution is 2.36. The second-order valence-electron chi connectivity index (χ2n) is 6.83. The summed E-state index contributed by atoms with van der Waals surface area (Å²) in [6.45, 7) is 13.6. The summed E-state index contributed by atoms with van der Waals surface area (Å²) >= 11 is 0. The molecule has 0 unspecified atom stereocenters. The quantitative estimate of drug-likeness (QED) is 0.296. The Balaban J connectivity index is 3.20. The Morgan fingerprint density at radius 1 is 0.680 bits per heavy atom. The maximum absolute atomic E-state index is 6.82. The van der Waals surface area contributed by atoms with E-state index in [9.17, 15) is 0 Å². The van der Waals surface area contributed by atoms with Gasteiger partial charge in [0.25, 0.3) is 0 Å². The first kappa shape index (κ1) is 22.4. The zero-order chi connectivity index (χ0) is 18.9. The summed E-state index contributed by atoms with van der Waals surface area (Å²) in [6.07, 6.45) is -0.232. The molecule has 0 saturated carbocycles. The van der Waals surface area contributed by atoms with Gasteiger partial charge >= 0.3 is 0 Å². The third-order valence-electron chi connectivity index (χ3n) is 5.97. The van der Waals surface area contributed by atoms with Crippen molar-refractivity contribution < 1.29 is 13.6 Å². The molecule has 5 heteroatoms. The van der Waals surface area contributed by atoms with Gasteiger partial charge in [-0.3, -0.25) is 0 Å². The zero-order valence-electron chi connectivity index (χ0n) is 17.4. The largest absolute Gasteiger partial charge is 0.497 e. The molecule has 144 valence electrons. The molecule has 0 aliphatic rings. The van der Waals surface area contributed by atoms with Gasteiger partial charge < -0.3 is 13.6 Å². The summed E-state index contributed by atoms with van der Waals surface area (Å²) in [4.78, 5) is 0. The lowest BCUT2D eigenvalue weighted by Gasteiger charge is -2.39. The lowest BCUT2D eigenvalue weighted by Crippen LogP contribution is -2.43. The number of methoxy groups -OCH3 is 1. The topological polar surface area (TPSA) is 27.7 Å². The van der Waals surface area contributed by atoms with Gasteiger partial charge in [0.2, 0.25) is 0 Å². The molecule has 0 heterocycles. The molecule has 0 aliphatic carbocycles. The van der Waals surface area contributed by atoms with Crippen molar-refractivity contribution in [3.8, 4) is 5.75 Å². The van der Waals surface area contributed by atoms with E-state index in [1.54, 1.807) is 7.11 Å². The highest BCUT2D eigenvalue weighted by atomic mass is 28.4. The Bertz CT molecular complexity index is 444. The molecule has 0 bridgehead atoms. The van der Waals surface area contributed by atoms with Crippen LogP contribution in [0.3, 0.4) is 0 Å². The van der Waals surface area contributed by atoms with Crippen LogP contribution in [-0.4, -0.2) is 23.7 Å². The van der Waals surface area contributed by atoms with Crippen molar-refractivity contribution in [3.05, 3.63) is 29.8 Å². The summed E-state index contributed by atoms with van der Waals surface area (Å²) in [7, 11) is -1.81. The Labute approximate surface area is 157 Å². The van der Waals surface area contributed by atoms with Gasteiger partial charge in [-0.15, -0.1) is 0 Å². The molecule has 25 heavy (non-hydrogen) atoms. The Morgan fingerprint density at radius 3 is 1.32 bits per heavy atom. The van der Waals surface area contributed by atoms with Crippen molar-refractivity contribution in [2.24, 2.45) is 0 Å². The first-order valence-electron chi connectivity index (χ1n) is 9.97. The third kappa shape index (κ3) is 5.68. The Morgan fingerprint density at radius 2 is 1.04 bits per heavy atom. The van der Waals surface area contributed by atoms with Gasteiger partial charge in [0.05, 0.1) is 7.11 Å². The zero-order valence-corrected chi connectivity index (χ0v) is 19.4. The van der Waals surface area contributed by atoms with Crippen molar-refractivity contribution in [2.45, 2.75) is 84.1 Å². The van der Waals surface area contributed by atoms with Crippen LogP contribution in [0.4, 0.5) is 0 Å². The summed E-state index contributed by atoms with van der Waals surface area (Å²) in [5.41, 5.74) is 1.13. The second-order valence-corrected chi connectivity index (χ2v) is 16.3. The molecule has 0 spiro atoms. The number of ether oxygens (including phenoxy) is 1. The molecule has 0 aromatic heterocycles. The van der Waals surface area contributed by atoms with Crippen LogP contribution in [0.1, 0.15) is 53.4 Å². The van der Waals surface area contributed by atoms with Crippen LogP contribution < -0.4 is 4.74 Å². The minimum Gasteiger partial charge on any atom is -0.497 e. The molecular weight excluding hydrogens is 344 g/mol. The van der Waals surface area contributed by atoms with Gasteiger partial charge in [0, 0.05) is 5.56 Å². The smallest absolute Gasteiger partial charge is 0.195 e. The first-order valence-corrected chi connectivity index (χ1v) is 15.0.